The standard InChI is InChI=1S/C15H16F2N2/c1-10-3-6-15(14(18)7-10)19(2)9-11-4-5-12(16)8-13(11)17/h3-8H,9,18H2,1-2H3. The highest BCUT2D eigenvalue weighted by Crippen LogP contribution is 2.25. The first-order valence-electron chi connectivity index (χ1n) is 5.98. The summed E-state index contributed by atoms with van der Waals surface area (Å²) >= 11 is 0. The van der Waals surface area contributed by atoms with Gasteiger partial charge in [-0.05, 0) is 30.7 Å². The number of aryl methyl sites for hydroxylation is 1. The second kappa shape index (κ2) is 5.26. The Kier molecular flexibility index (Phi) is 3.69. The van der Waals surface area contributed by atoms with E-state index >= 15 is 0 Å². The van der Waals surface area contributed by atoms with Crippen molar-refractivity contribution in [1.29, 1.82) is 0 Å². The van der Waals surface area contributed by atoms with Crippen LogP contribution >= 0.6 is 0 Å². The Morgan fingerprint density at radius 1 is 1.11 bits per heavy atom. The number of hydrogen-bond acceptors (Lipinski definition) is 2. The third-order valence-corrected chi connectivity index (χ3v) is 3.02. The fraction of sp³-hybridized carbons (Fsp3) is 0.200. The topological polar surface area (TPSA) is 29.3 Å². The van der Waals surface area contributed by atoms with Crippen LogP contribution in [-0.4, -0.2) is 7.05 Å². The van der Waals surface area contributed by atoms with Crippen LogP contribution in [0.15, 0.2) is 36.4 Å². The first kappa shape index (κ1) is 13.3. The smallest absolute Gasteiger partial charge is 0.131 e. The zero-order valence-electron chi connectivity index (χ0n) is 11.0. The summed E-state index contributed by atoms with van der Waals surface area (Å²) < 4.78 is 26.4. The van der Waals surface area contributed by atoms with E-state index in [-0.39, 0.29) is 0 Å². The van der Waals surface area contributed by atoms with E-state index in [2.05, 4.69) is 0 Å². The van der Waals surface area contributed by atoms with Gasteiger partial charge in [-0.15, -0.1) is 0 Å². The molecule has 2 aromatic rings. The van der Waals surface area contributed by atoms with Crippen molar-refractivity contribution in [2.75, 3.05) is 17.7 Å². The molecule has 0 saturated heterocycles. The van der Waals surface area contributed by atoms with Crippen LogP contribution in [0.25, 0.3) is 0 Å². The van der Waals surface area contributed by atoms with Crippen molar-refractivity contribution >= 4 is 11.4 Å². The molecule has 0 aliphatic carbocycles. The Bertz CT molecular complexity index is 597. The Labute approximate surface area is 111 Å². The Morgan fingerprint density at radius 3 is 2.47 bits per heavy atom. The highest BCUT2D eigenvalue weighted by molar-refractivity contribution is 5.68. The number of nitrogen functional groups attached to an aromatic ring is 1. The van der Waals surface area contributed by atoms with Crippen LogP contribution in [0.4, 0.5) is 20.2 Å². The van der Waals surface area contributed by atoms with Gasteiger partial charge in [-0.3, -0.25) is 0 Å². The maximum atomic E-state index is 13.6. The second-order valence-electron chi connectivity index (χ2n) is 4.65. The fourth-order valence-electron chi connectivity index (χ4n) is 2.01. The van der Waals surface area contributed by atoms with Crippen LogP contribution in [0.3, 0.4) is 0 Å². The van der Waals surface area contributed by atoms with Crippen molar-refractivity contribution in [2.45, 2.75) is 13.5 Å². The number of anilines is 2. The summed E-state index contributed by atoms with van der Waals surface area (Å²) in [4.78, 5) is 1.84. The van der Waals surface area contributed by atoms with Gasteiger partial charge in [0.05, 0.1) is 11.4 Å². The molecule has 0 bridgehead atoms. The van der Waals surface area contributed by atoms with Gasteiger partial charge in [0.1, 0.15) is 11.6 Å². The molecule has 0 amide bonds. The van der Waals surface area contributed by atoms with Gasteiger partial charge in [0.2, 0.25) is 0 Å². The minimum atomic E-state index is -0.571. The van der Waals surface area contributed by atoms with Crippen molar-refractivity contribution in [3.63, 3.8) is 0 Å². The van der Waals surface area contributed by atoms with E-state index in [4.69, 9.17) is 5.73 Å². The Hall–Kier alpha value is -2.10. The molecule has 0 unspecified atom stereocenters. The summed E-state index contributed by atoms with van der Waals surface area (Å²) in [5.74, 6) is -1.11. The molecule has 0 saturated carbocycles. The summed E-state index contributed by atoms with van der Waals surface area (Å²) in [7, 11) is 1.82. The molecule has 0 fully saturated rings. The van der Waals surface area contributed by atoms with E-state index in [0.717, 1.165) is 17.3 Å². The van der Waals surface area contributed by atoms with Gasteiger partial charge in [-0.1, -0.05) is 12.1 Å². The molecule has 0 aromatic heterocycles. The summed E-state index contributed by atoms with van der Waals surface area (Å²) in [5.41, 5.74) is 8.92. The lowest BCUT2D eigenvalue weighted by Gasteiger charge is -2.21. The quantitative estimate of drug-likeness (QED) is 0.858. The lowest BCUT2D eigenvalue weighted by Crippen LogP contribution is -2.18. The zero-order valence-corrected chi connectivity index (χ0v) is 11.0. The average molecular weight is 262 g/mol. The van der Waals surface area contributed by atoms with E-state index in [0.29, 0.717) is 17.8 Å². The molecule has 0 atom stereocenters. The number of nitrogens with zero attached hydrogens (tertiary/aromatic N) is 1. The van der Waals surface area contributed by atoms with Crippen molar-refractivity contribution in [3.05, 3.63) is 59.2 Å². The number of nitrogens with two attached hydrogens (primary N) is 1. The fourth-order valence-corrected chi connectivity index (χ4v) is 2.01. The van der Waals surface area contributed by atoms with Gasteiger partial charge in [0.25, 0.3) is 0 Å². The Morgan fingerprint density at radius 2 is 1.84 bits per heavy atom. The summed E-state index contributed by atoms with van der Waals surface area (Å²) in [5, 5.41) is 0. The van der Waals surface area contributed by atoms with Gasteiger partial charge < -0.3 is 10.6 Å². The number of benzene rings is 2. The molecular formula is C15H16F2N2. The van der Waals surface area contributed by atoms with E-state index in [1.165, 1.54) is 12.1 Å². The minimum Gasteiger partial charge on any atom is -0.397 e. The highest BCUT2D eigenvalue weighted by Gasteiger charge is 2.10. The van der Waals surface area contributed by atoms with Crippen LogP contribution in [0.5, 0.6) is 0 Å². The predicted molar refractivity (Wildman–Crippen MR) is 74.1 cm³/mol. The van der Waals surface area contributed by atoms with E-state index in [1.54, 1.807) is 0 Å². The molecule has 2 nitrogen and oxygen atoms in total. The summed E-state index contributed by atoms with van der Waals surface area (Å²) in [6.45, 7) is 2.29. The molecule has 19 heavy (non-hydrogen) atoms. The molecule has 0 spiro atoms. The van der Waals surface area contributed by atoms with Gasteiger partial charge in [-0.25, -0.2) is 8.78 Å². The van der Waals surface area contributed by atoms with E-state index < -0.39 is 11.6 Å². The predicted octanol–water partition coefficient (Wildman–Crippen LogP) is 3.49. The van der Waals surface area contributed by atoms with Crippen LogP contribution in [0.2, 0.25) is 0 Å². The lowest BCUT2D eigenvalue weighted by molar-refractivity contribution is 0.571. The summed E-state index contributed by atoms with van der Waals surface area (Å²) in [6.07, 6.45) is 0. The molecule has 0 heterocycles. The first-order valence-corrected chi connectivity index (χ1v) is 5.98. The van der Waals surface area contributed by atoms with Gasteiger partial charge in [-0.2, -0.15) is 0 Å². The van der Waals surface area contributed by atoms with Crippen molar-refractivity contribution in [1.82, 2.24) is 0 Å². The van der Waals surface area contributed by atoms with Gasteiger partial charge in [0, 0.05) is 25.2 Å². The molecule has 2 rings (SSSR count). The monoisotopic (exact) mass is 262 g/mol. The summed E-state index contributed by atoms with van der Waals surface area (Å²) in [6, 6.07) is 9.31. The molecular weight excluding hydrogens is 246 g/mol. The van der Waals surface area contributed by atoms with Crippen LogP contribution in [0, 0.1) is 18.6 Å². The first-order chi connectivity index (χ1) is 8.97. The molecule has 2 aromatic carbocycles. The molecule has 0 aliphatic rings. The van der Waals surface area contributed by atoms with Crippen molar-refractivity contribution in [3.8, 4) is 0 Å². The van der Waals surface area contributed by atoms with Crippen LogP contribution < -0.4 is 10.6 Å². The molecule has 2 N–H and O–H groups in total. The second-order valence-corrected chi connectivity index (χ2v) is 4.65. The maximum absolute atomic E-state index is 13.6. The van der Waals surface area contributed by atoms with E-state index in [9.17, 15) is 8.78 Å². The van der Waals surface area contributed by atoms with Crippen molar-refractivity contribution < 1.29 is 8.78 Å². The average Bonchev–Trinajstić information content (AvgIpc) is 2.32. The lowest BCUT2D eigenvalue weighted by atomic mass is 10.1. The third-order valence-electron chi connectivity index (χ3n) is 3.02. The molecule has 4 heteroatoms. The maximum Gasteiger partial charge on any atom is 0.131 e. The Balaban J connectivity index is 2.23. The normalized spacial score (nSPS) is 10.5. The zero-order chi connectivity index (χ0) is 14.0. The minimum absolute atomic E-state index is 0.333. The SMILES string of the molecule is Cc1ccc(N(C)Cc2ccc(F)cc2F)c(N)c1. The largest absolute Gasteiger partial charge is 0.397 e. The van der Waals surface area contributed by atoms with E-state index in [1.807, 2.05) is 37.1 Å². The molecule has 0 radical (unpaired) electrons. The highest BCUT2D eigenvalue weighted by atomic mass is 19.1. The van der Waals surface area contributed by atoms with Crippen LogP contribution in [-0.2, 0) is 6.54 Å². The van der Waals surface area contributed by atoms with Gasteiger partial charge >= 0.3 is 0 Å². The molecule has 100 valence electrons. The van der Waals surface area contributed by atoms with Crippen LogP contribution in [0.1, 0.15) is 11.1 Å². The third kappa shape index (κ3) is 3.02. The van der Waals surface area contributed by atoms with Crippen molar-refractivity contribution in [2.24, 2.45) is 0 Å². The van der Waals surface area contributed by atoms with Gasteiger partial charge in [0.15, 0.2) is 0 Å². The number of rotatable bonds is 3. The molecule has 0 aliphatic heterocycles. The number of hydrogen-bond donors (Lipinski definition) is 1. The number of halogens is 2.